The summed E-state index contributed by atoms with van der Waals surface area (Å²) in [4.78, 5) is 24.3. The molecular formula is C17H13ClN4O2. The van der Waals surface area contributed by atoms with Gasteiger partial charge in [-0.25, -0.2) is 9.97 Å². The average molecular weight is 341 g/mol. The molecule has 1 amide bonds. The quantitative estimate of drug-likeness (QED) is 0.771. The van der Waals surface area contributed by atoms with E-state index < -0.39 is 0 Å². The Morgan fingerprint density at radius 2 is 1.92 bits per heavy atom. The molecular weight excluding hydrogens is 328 g/mol. The van der Waals surface area contributed by atoms with Crippen molar-refractivity contribution in [1.82, 2.24) is 20.3 Å². The summed E-state index contributed by atoms with van der Waals surface area (Å²) in [5.74, 6) is 0.612. The standard InChI is InChI=1S/C17H13ClN4O2/c18-12-6-7-19-13(8-12)9-22-17(23)15-10-21-16(11-20-15)24-14-4-2-1-3-5-14/h1-8,10-11H,9H2,(H,22,23). The molecule has 120 valence electrons. The lowest BCUT2D eigenvalue weighted by Gasteiger charge is -2.06. The van der Waals surface area contributed by atoms with Crippen LogP contribution in [0.15, 0.2) is 61.1 Å². The molecule has 0 saturated heterocycles. The molecule has 3 aromatic rings. The van der Waals surface area contributed by atoms with Crippen LogP contribution in [0, 0.1) is 0 Å². The van der Waals surface area contributed by atoms with E-state index in [2.05, 4.69) is 20.3 Å². The average Bonchev–Trinajstić information content (AvgIpc) is 2.61. The molecule has 0 aliphatic rings. The molecule has 0 saturated carbocycles. The third-order valence-electron chi connectivity index (χ3n) is 3.04. The topological polar surface area (TPSA) is 77.0 Å². The van der Waals surface area contributed by atoms with Gasteiger partial charge in [-0.2, -0.15) is 0 Å². The SMILES string of the molecule is O=C(NCc1cc(Cl)ccn1)c1cnc(Oc2ccccc2)cn1. The zero-order valence-corrected chi connectivity index (χ0v) is 13.3. The number of hydrogen-bond acceptors (Lipinski definition) is 5. The van der Waals surface area contributed by atoms with Crippen molar-refractivity contribution in [2.24, 2.45) is 0 Å². The maximum absolute atomic E-state index is 12.1. The summed E-state index contributed by atoms with van der Waals surface area (Å²) in [6.07, 6.45) is 4.35. The van der Waals surface area contributed by atoms with Gasteiger partial charge < -0.3 is 10.1 Å². The van der Waals surface area contributed by atoms with Crippen LogP contribution in [0.1, 0.15) is 16.2 Å². The van der Waals surface area contributed by atoms with E-state index in [0.717, 1.165) is 0 Å². The number of para-hydroxylation sites is 1. The molecule has 0 unspecified atom stereocenters. The van der Waals surface area contributed by atoms with E-state index in [1.807, 2.05) is 18.2 Å². The number of aromatic nitrogens is 3. The van der Waals surface area contributed by atoms with Gasteiger partial charge in [-0.3, -0.25) is 9.78 Å². The second kappa shape index (κ2) is 7.52. The van der Waals surface area contributed by atoms with Crippen LogP contribution in [0.5, 0.6) is 11.6 Å². The van der Waals surface area contributed by atoms with E-state index in [0.29, 0.717) is 22.3 Å². The van der Waals surface area contributed by atoms with Crippen molar-refractivity contribution < 1.29 is 9.53 Å². The highest BCUT2D eigenvalue weighted by Gasteiger charge is 2.09. The summed E-state index contributed by atoms with van der Waals surface area (Å²) >= 11 is 5.87. The summed E-state index contributed by atoms with van der Waals surface area (Å²) in [6.45, 7) is 0.253. The Balaban J connectivity index is 1.59. The van der Waals surface area contributed by atoms with E-state index in [1.54, 1.807) is 30.5 Å². The first-order chi connectivity index (χ1) is 11.7. The lowest BCUT2D eigenvalue weighted by Crippen LogP contribution is -2.24. The minimum absolute atomic E-state index is 0.192. The first kappa shape index (κ1) is 15.9. The van der Waals surface area contributed by atoms with Crippen LogP contribution >= 0.6 is 11.6 Å². The van der Waals surface area contributed by atoms with Crippen LogP contribution in [0.3, 0.4) is 0 Å². The summed E-state index contributed by atoms with van der Waals surface area (Å²) in [7, 11) is 0. The maximum atomic E-state index is 12.1. The van der Waals surface area contributed by atoms with Crippen LogP contribution < -0.4 is 10.1 Å². The third-order valence-corrected chi connectivity index (χ3v) is 3.27. The normalized spacial score (nSPS) is 10.2. The summed E-state index contributed by atoms with van der Waals surface area (Å²) < 4.78 is 5.53. The van der Waals surface area contributed by atoms with E-state index in [9.17, 15) is 4.79 Å². The van der Waals surface area contributed by atoms with Crippen molar-refractivity contribution in [3.63, 3.8) is 0 Å². The highest BCUT2D eigenvalue weighted by atomic mass is 35.5. The number of amides is 1. The van der Waals surface area contributed by atoms with Crippen molar-refractivity contribution in [2.45, 2.75) is 6.54 Å². The number of pyridine rings is 1. The Labute approximate surface area is 143 Å². The van der Waals surface area contributed by atoms with Crippen LogP contribution in [0.4, 0.5) is 0 Å². The van der Waals surface area contributed by atoms with Gasteiger partial charge in [0.2, 0.25) is 5.88 Å². The first-order valence-electron chi connectivity index (χ1n) is 7.14. The van der Waals surface area contributed by atoms with Gasteiger partial charge in [0.05, 0.1) is 24.6 Å². The Morgan fingerprint density at radius 1 is 1.08 bits per heavy atom. The van der Waals surface area contributed by atoms with Gasteiger partial charge in [0, 0.05) is 11.2 Å². The number of halogens is 1. The van der Waals surface area contributed by atoms with E-state index in [-0.39, 0.29) is 18.1 Å². The summed E-state index contributed by atoms with van der Waals surface area (Å²) in [5, 5.41) is 3.27. The molecule has 0 fully saturated rings. The van der Waals surface area contributed by atoms with Crippen molar-refractivity contribution in [3.05, 3.63) is 77.5 Å². The molecule has 0 bridgehead atoms. The minimum Gasteiger partial charge on any atom is -0.438 e. The van der Waals surface area contributed by atoms with Gasteiger partial charge in [-0.05, 0) is 24.3 Å². The number of nitrogens with zero attached hydrogens (tertiary/aromatic N) is 3. The minimum atomic E-state index is -0.351. The number of carbonyl (C=O) groups is 1. The van der Waals surface area contributed by atoms with Crippen molar-refractivity contribution in [3.8, 4) is 11.6 Å². The van der Waals surface area contributed by atoms with Crippen LogP contribution in [-0.4, -0.2) is 20.9 Å². The molecule has 0 radical (unpaired) electrons. The molecule has 2 heterocycles. The van der Waals surface area contributed by atoms with Crippen LogP contribution in [0.25, 0.3) is 0 Å². The van der Waals surface area contributed by atoms with Crippen molar-refractivity contribution in [2.75, 3.05) is 0 Å². The zero-order chi connectivity index (χ0) is 16.8. The number of hydrogen-bond donors (Lipinski definition) is 1. The highest BCUT2D eigenvalue weighted by Crippen LogP contribution is 2.17. The number of carbonyl (C=O) groups excluding carboxylic acids is 1. The van der Waals surface area contributed by atoms with Gasteiger partial charge >= 0.3 is 0 Å². The summed E-state index contributed by atoms with van der Waals surface area (Å²) in [5.41, 5.74) is 0.852. The number of ether oxygens (including phenoxy) is 1. The number of rotatable bonds is 5. The maximum Gasteiger partial charge on any atom is 0.271 e. The molecule has 7 heteroatoms. The molecule has 0 aliphatic heterocycles. The molecule has 24 heavy (non-hydrogen) atoms. The fourth-order valence-corrected chi connectivity index (χ4v) is 2.08. The van der Waals surface area contributed by atoms with E-state index in [1.165, 1.54) is 12.4 Å². The lowest BCUT2D eigenvalue weighted by molar-refractivity contribution is 0.0945. The predicted octanol–water partition coefficient (Wildman–Crippen LogP) is 3.25. The van der Waals surface area contributed by atoms with Crippen molar-refractivity contribution >= 4 is 17.5 Å². The molecule has 6 nitrogen and oxygen atoms in total. The van der Waals surface area contributed by atoms with E-state index in [4.69, 9.17) is 16.3 Å². The van der Waals surface area contributed by atoms with Gasteiger partial charge in [-0.15, -0.1) is 0 Å². The Kier molecular flexibility index (Phi) is 4.98. The molecule has 0 atom stereocenters. The Bertz CT molecular complexity index is 826. The van der Waals surface area contributed by atoms with Gasteiger partial charge in [0.1, 0.15) is 11.4 Å². The van der Waals surface area contributed by atoms with Gasteiger partial charge in [0.15, 0.2) is 0 Å². The molecule has 3 rings (SSSR count). The fraction of sp³-hybridized carbons (Fsp3) is 0.0588. The lowest BCUT2D eigenvalue weighted by atomic mass is 10.3. The Hall–Kier alpha value is -2.99. The van der Waals surface area contributed by atoms with Crippen LogP contribution in [-0.2, 0) is 6.54 Å². The summed E-state index contributed by atoms with van der Waals surface area (Å²) in [6, 6.07) is 12.6. The number of nitrogens with one attached hydrogen (secondary N) is 1. The Morgan fingerprint density at radius 3 is 2.62 bits per heavy atom. The molecule has 2 aromatic heterocycles. The monoisotopic (exact) mass is 340 g/mol. The molecule has 1 aromatic carbocycles. The van der Waals surface area contributed by atoms with Crippen molar-refractivity contribution in [1.29, 1.82) is 0 Å². The smallest absolute Gasteiger partial charge is 0.271 e. The largest absolute Gasteiger partial charge is 0.438 e. The van der Waals surface area contributed by atoms with Gasteiger partial charge in [0.25, 0.3) is 5.91 Å². The van der Waals surface area contributed by atoms with Crippen LogP contribution in [0.2, 0.25) is 5.02 Å². The van der Waals surface area contributed by atoms with Gasteiger partial charge in [-0.1, -0.05) is 29.8 Å². The third kappa shape index (κ3) is 4.27. The zero-order valence-electron chi connectivity index (χ0n) is 12.5. The second-order valence-corrected chi connectivity index (χ2v) is 5.24. The highest BCUT2D eigenvalue weighted by molar-refractivity contribution is 6.30. The van der Waals surface area contributed by atoms with E-state index >= 15 is 0 Å². The number of benzene rings is 1. The second-order valence-electron chi connectivity index (χ2n) is 4.80. The molecule has 0 spiro atoms. The predicted molar refractivity (Wildman–Crippen MR) is 89.0 cm³/mol. The fourth-order valence-electron chi connectivity index (χ4n) is 1.90. The first-order valence-corrected chi connectivity index (χ1v) is 7.52. The molecule has 0 aliphatic carbocycles. The molecule has 1 N–H and O–H groups in total.